The molecule has 22 heavy (non-hydrogen) atoms. The number of piperazine rings is 1. The van der Waals surface area contributed by atoms with E-state index in [-0.39, 0.29) is 5.97 Å². The Morgan fingerprint density at radius 2 is 1.91 bits per heavy atom. The molecule has 1 aliphatic heterocycles. The molecule has 1 heterocycles. The van der Waals surface area contributed by atoms with Crippen LogP contribution in [0, 0.1) is 0 Å². The minimum Gasteiger partial charge on any atom is -0.480 e. The summed E-state index contributed by atoms with van der Waals surface area (Å²) in [4.78, 5) is 25.1. The predicted octanol–water partition coefficient (Wildman–Crippen LogP) is 1.50. The van der Waals surface area contributed by atoms with Crippen molar-refractivity contribution in [1.29, 1.82) is 0 Å². The fourth-order valence-electron chi connectivity index (χ4n) is 2.36. The molecule has 120 valence electrons. The van der Waals surface area contributed by atoms with E-state index < -0.39 is 17.6 Å². The normalized spacial score (nSPS) is 18.9. The van der Waals surface area contributed by atoms with E-state index in [1.54, 1.807) is 24.3 Å². The third kappa shape index (κ3) is 3.98. The SMILES string of the molecule is CC(C)(C)OC(=O)c1ccc(N2CCNCC2C(=O)O)cc1. The van der Waals surface area contributed by atoms with Crippen molar-refractivity contribution >= 4 is 17.6 Å². The summed E-state index contributed by atoms with van der Waals surface area (Å²) in [6.07, 6.45) is 0. The third-order valence-electron chi connectivity index (χ3n) is 3.36. The van der Waals surface area contributed by atoms with E-state index >= 15 is 0 Å². The lowest BCUT2D eigenvalue weighted by Crippen LogP contribution is -2.55. The molecule has 0 aliphatic carbocycles. The van der Waals surface area contributed by atoms with Crippen LogP contribution in [0.15, 0.2) is 24.3 Å². The summed E-state index contributed by atoms with van der Waals surface area (Å²) < 4.78 is 5.31. The lowest BCUT2D eigenvalue weighted by atomic mass is 10.1. The number of aliphatic carboxylic acids is 1. The van der Waals surface area contributed by atoms with Crippen molar-refractivity contribution in [2.24, 2.45) is 0 Å². The lowest BCUT2D eigenvalue weighted by molar-refractivity contribution is -0.138. The molecule has 1 fully saturated rings. The Morgan fingerprint density at radius 1 is 1.27 bits per heavy atom. The van der Waals surface area contributed by atoms with Crippen molar-refractivity contribution in [3.8, 4) is 0 Å². The van der Waals surface area contributed by atoms with Gasteiger partial charge in [0, 0.05) is 25.3 Å². The zero-order chi connectivity index (χ0) is 16.3. The molecular formula is C16H22N2O4. The average molecular weight is 306 g/mol. The van der Waals surface area contributed by atoms with E-state index in [1.807, 2.05) is 25.7 Å². The number of benzene rings is 1. The highest BCUT2D eigenvalue weighted by atomic mass is 16.6. The molecule has 1 atom stereocenters. The van der Waals surface area contributed by atoms with E-state index in [2.05, 4.69) is 5.32 Å². The van der Waals surface area contributed by atoms with Crippen LogP contribution in [0.5, 0.6) is 0 Å². The van der Waals surface area contributed by atoms with Gasteiger partial charge in [0.15, 0.2) is 0 Å². The summed E-state index contributed by atoms with van der Waals surface area (Å²) in [5.74, 6) is -1.24. The van der Waals surface area contributed by atoms with Gasteiger partial charge in [0.25, 0.3) is 0 Å². The highest BCUT2D eigenvalue weighted by Crippen LogP contribution is 2.20. The summed E-state index contributed by atoms with van der Waals surface area (Å²) in [5, 5.41) is 12.4. The molecule has 0 amide bonds. The highest BCUT2D eigenvalue weighted by Gasteiger charge is 2.28. The first kappa shape index (κ1) is 16.3. The van der Waals surface area contributed by atoms with Crippen molar-refractivity contribution in [1.82, 2.24) is 5.32 Å². The van der Waals surface area contributed by atoms with Gasteiger partial charge in [-0.15, -0.1) is 0 Å². The number of rotatable bonds is 3. The molecule has 0 saturated carbocycles. The topological polar surface area (TPSA) is 78.9 Å². The number of hydrogen-bond acceptors (Lipinski definition) is 5. The van der Waals surface area contributed by atoms with E-state index in [9.17, 15) is 14.7 Å². The maximum absolute atomic E-state index is 12.0. The smallest absolute Gasteiger partial charge is 0.338 e. The molecule has 1 aromatic carbocycles. The number of nitrogens with zero attached hydrogens (tertiary/aromatic N) is 1. The number of nitrogens with one attached hydrogen (secondary N) is 1. The van der Waals surface area contributed by atoms with Gasteiger partial charge < -0.3 is 20.1 Å². The molecular weight excluding hydrogens is 284 g/mol. The van der Waals surface area contributed by atoms with Crippen molar-refractivity contribution in [2.75, 3.05) is 24.5 Å². The van der Waals surface area contributed by atoms with Gasteiger partial charge in [0.2, 0.25) is 0 Å². The van der Waals surface area contributed by atoms with Crippen LogP contribution in [0.25, 0.3) is 0 Å². The van der Waals surface area contributed by atoms with Crippen LogP contribution >= 0.6 is 0 Å². The molecule has 0 spiro atoms. The number of carbonyl (C=O) groups is 2. The zero-order valence-corrected chi connectivity index (χ0v) is 13.1. The van der Waals surface area contributed by atoms with Crippen molar-refractivity contribution in [2.45, 2.75) is 32.4 Å². The highest BCUT2D eigenvalue weighted by molar-refractivity contribution is 5.90. The second-order valence-corrected chi connectivity index (χ2v) is 6.30. The molecule has 6 heteroatoms. The van der Waals surface area contributed by atoms with Gasteiger partial charge in [-0.3, -0.25) is 0 Å². The van der Waals surface area contributed by atoms with E-state index in [4.69, 9.17) is 4.74 Å². The number of esters is 1. The van der Waals surface area contributed by atoms with Gasteiger partial charge in [-0.25, -0.2) is 9.59 Å². The van der Waals surface area contributed by atoms with E-state index in [1.165, 1.54) is 0 Å². The number of ether oxygens (including phenoxy) is 1. The third-order valence-corrected chi connectivity index (χ3v) is 3.36. The summed E-state index contributed by atoms with van der Waals surface area (Å²) in [6.45, 7) is 7.20. The number of hydrogen-bond donors (Lipinski definition) is 2. The van der Waals surface area contributed by atoms with Gasteiger partial charge in [-0.1, -0.05) is 0 Å². The number of carbonyl (C=O) groups excluding carboxylic acids is 1. The summed E-state index contributed by atoms with van der Waals surface area (Å²) in [7, 11) is 0. The van der Waals surface area contributed by atoms with E-state index in [0.717, 1.165) is 12.2 Å². The Hall–Kier alpha value is -2.08. The quantitative estimate of drug-likeness (QED) is 0.824. The summed E-state index contributed by atoms with van der Waals surface area (Å²) in [5.41, 5.74) is 0.713. The fourth-order valence-corrected chi connectivity index (χ4v) is 2.36. The van der Waals surface area contributed by atoms with Crippen molar-refractivity contribution in [3.05, 3.63) is 29.8 Å². The Bertz CT molecular complexity index is 548. The maximum Gasteiger partial charge on any atom is 0.338 e. The van der Waals surface area contributed by atoms with Crippen LogP contribution in [-0.4, -0.2) is 48.3 Å². The minimum atomic E-state index is -0.858. The first-order valence-electron chi connectivity index (χ1n) is 7.31. The van der Waals surface area contributed by atoms with Crippen LogP contribution in [0.4, 0.5) is 5.69 Å². The number of anilines is 1. The molecule has 1 saturated heterocycles. The molecule has 1 unspecified atom stereocenters. The second kappa shape index (κ2) is 6.36. The van der Waals surface area contributed by atoms with Crippen molar-refractivity contribution < 1.29 is 19.4 Å². The van der Waals surface area contributed by atoms with Crippen LogP contribution in [0.2, 0.25) is 0 Å². The standard InChI is InChI=1S/C16H22N2O4/c1-16(2,3)22-15(21)11-4-6-12(7-5-11)18-9-8-17-10-13(18)14(19)20/h4-7,13,17H,8-10H2,1-3H3,(H,19,20). The Morgan fingerprint density at radius 3 is 2.45 bits per heavy atom. The first-order valence-corrected chi connectivity index (χ1v) is 7.31. The van der Waals surface area contributed by atoms with Gasteiger partial charge in [-0.05, 0) is 45.0 Å². The predicted molar refractivity (Wildman–Crippen MR) is 83.3 cm³/mol. The van der Waals surface area contributed by atoms with Gasteiger partial charge >= 0.3 is 11.9 Å². The largest absolute Gasteiger partial charge is 0.480 e. The Labute approximate surface area is 130 Å². The number of carboxylic acids is 1. The summed E-state index contributed by atoms with van der Waals surface area (Å²) >= 11 is 0. The molecule has 1 aromatic rings. The van der Waals surface area contributed by atoms with Crippen LogP contribution in [-0.2, 0) is 9.53 Å². The molecule has 2 N–H and O–H groups in total. The van der Waals surface area contributed by atoms with Crippen LogP contribution < -0.4 is 10.2 Å². The zero-order valence-electron chi connectivity index (χ0n) is 13.1. The maximum atomic E-state index is 12.0. The first-order chi connectivity index (χ1) is 10.3. The van der Waals surface area contributed by atoms with Crippen LogP contribution in [0.1, 0.15) is 31.1 Å². The van der Waals surface area contributed by atoms with Crippen molar-refractivity contribution in [3.63, 3.8) is 0 Å². The second-order valence-electron chi connectivity index (χ2n) is 6.30. The minimum absolute atomic E-state index is 0.380. The molecule has 6 nitrogen and oxygen atoms in total. The monoisotopic (exact) mass is 306 g/mol. The molecule has 0 bridgehead atoms. The summed E-state index contributed by atoms with van der Waals surface area (Å²) in [6, 6.07) is 6.27. The van der Waals surface area contributed by atoms with Gasteiger partial charge in [-0.2, -0.15) is 0 Å². The molecule has 0 aromatic heterocycles. The van der Waals surface area contributed by atoms with E-state index in [0.29, 0.717) is 18.7 Å². The Kier molecular flexibility index (Phi) is 4.71. The molecule has 2 rings (SSSR count). The molecule has 0 radical (unpaired) electrons. The lowest BCUT2D eigenvalue weighted by Gasteiger charge is -2.35. The van der Waals surface area contributed by atoms with Crippen LogP contribution in [0.3, 0.4) is 0 Å². The van der Waals surface area contributed by atoms with Gasteiger partial charge in [0.1, 0.15) is 11.6 Å². The fraction of sp³-hybridized carbons (Fsp3) is 0.500. The average Bonchev–Trinajstić information content (AvgIpc) is 2.45. The molecule has 1 aliphatic rings. The van der Waals surface area contributed by atoms with Gasteiger partial charge in [0.05, 0.1) is 5.56 Å². The Balaban J connectivity index is 2.14. The number of carboxylic acid groups (broad SMARTS) is 1.